The van der Waals surface area contributed by atoms with E-state index >= 15 is 0 Å². The van der Waals surface area contributed by atoms with Gasteiger partial charge < -0.3 is 10.3 Å². The largest absolute Gasteiger partial charge is 0.559 e. The van der Waals surface area contributed by atoms with Crippen molar-refractivity contribution in [1.82, 2.24) is 0 Å². The number of benzene rings is 3. The van der Waals surface area contributed by atoms with Gasteiger partial charge in [0.1, 0.15) is 6.10 Å². The van der Waals surface area contributed by atoms with Gasteiger partial charge in [-0.05, 0) is 101 Å². The van der Waals surface area contributed by atoms with Crippen molar-refractivity contribution in [2.24, 2.45) is 22.0 Å². The molecule has 2 unspecified atom stereocenters. The van der Waals surface area contributed by atoms with Gasteiger partial charge in [-0.15, -0.1) is 4.18 Å². The number of hydrogen-bond acceptors (Lipinski definition) is 4. The lowest BCUT2D eigenvalue weighted by atomic mass is 9.59. The van der Waals surface area contributed by atoms with E-state index < -0.39 is 11.6 Å². The second kappa shape index (κ2) is 15.8. The van der Waals surface area contributed by atoms with Gasteiger partial charge in [0, 0.05) is 39.3 Å². The molecule has 0 radical (unpaired) electrons. The number of rotatable bonds is 11. The van der Waals surface area contributed by atoms with Gasteiger partial charge >= 0.3 is 0 Å². The maximum Gasteiger partial charge on any atom is 0.270 e. The molecule has 3 aliphatic carbocycles. The van der Waals surface area contributed by atoms with Crippen LogP contribution in [-0.4, -0.2) is 22.4 Å². The normalized spacial score (nSPS) is 22.5. The summed E-state index contributed by atoms with van der Waals surface area (Å²) in [6, 6.07) is 25.0. The van der Waals surface area contributed by atoms with Crippen molar-refractivity contribution < 1.29 is 8.74 Å². The van der Waals surface area contributed by atoms with Crippen LogP contribution in [0, 0.1) is 11.8 Å². The first-order valence-electron chi connectivity index (χ1n) is 17.5. The van der Waals surface area contributed by atoms with Gasteiger partial charge in [0.05, 0.1) is 5.71 Å². The molecule has 7 heteroatoms. The Morgan fingerprint density at radius 3 is 1.94 bits per heavy atom. The number of fused-ring (bicyclic) bond motifs is 1. The van der Waals surface area contributed by atoms with Crippen LogP contribution in [0.1, 0.15) is 114 Å². The van der Waals surface area contributed by atoms with Gasteiger partial charge in [-0.3, -0.25) is 0 Å². The summed E-state index contributed by atoms with van der Waals surface area (Å²) in [6.45, 7) is 11.0. The summed E-state index contributed by atoms with van der Waals surface area (Å²) >= 11 is 10.4. The molecule has 0 saturated heterocycles. The molecule has 0 aliphatic heterocycles. The maximum atomic E-state index is 13.0. The van der Waals surface area contributed by atoms with Gasteiger partial charge in [0.2, 0.25) is 0 Å². The number of nitrogens with two attached hydrogens (primary N) is 1. The predicted octanol–water partition coefficient (Wildman–Crippen LogP) is 10.7. The summed E-state index contributed by atoms with van der Waals surface area (Å²) in [4.78, 5) is 0. The highest BCUT2D eigenvalue weighted by atomic mass is 35.5. The molecular weight excluding hydrogens is 643 g/mol. The van der Waals surface area contributed by atoms with E-state index in [1.54, 1.807) is 0 Å². The summed E-state index contributed by atoms with van der Waals surface area (Å²) in [5.74, 6) is 1.32. The minimum absolute atomic E-state index is 0.0971. The van der Waals surface area contributed by atoms with Gasteiger partial charge in [-0.2, -0.15) is 0 Å². The fourth-order valence-electron chi connectivity index (χ4n) is 7.79. The molecule has 2 saturated carbocycles. The molecule has 0 amide bonds. The monoisotopic (exact) mass is 694 g/mol. The first-order chi connectivity index (χ1) is 22.4. The lowest BCUT2D eigenvalue weighted by Crippen LogP contribution is -2.50. The lowest BCUT2D eigenvalue weighted by Gasteiger charge is -2.47. The molecular formula is C40H52Cl2N2O2S. The molecule has 3 aromatic rings. The minimum atomic E-state index is -1.70. The third-order valence-electron chi connectivity index (χ3n) is 10.8. The van der Waals surface area contributed by atoms with Gasteiger partial charge in [0.25, 0.3) is 11.6 Å². The minimum Gasteiger partial charge on any atom is -0.559 e. The van der Waals surface area contributed by atoms with E-state index in [1.807, 2.05) is 24.3 Å². The zero-order valence-electron chi connectivity index (χ0n) is 28.7. The van der Waals surface area contributed by atoms with Crippen LogP contribution in [0.3, 0.4) is 0 Å². The van der Waals surface area contributed by atoms with Gasteiger partial charge in [-0.25, -0.2) is 0 Å². The first-order valence-corrected chi connectivity index (χ1v) is 19.2. The van der Waals surface area contributed by atoms with Crippen LogP contribution < -0.4 is 5.73 Å². The maximum absolute atomic E-state index is 13.0. The second-order valence-electron chi connectivity index (χ2n) is 14.9. The zero-order valence-corrected chi connectivity index (χ0v) is 31.0. The molecule has 0 bridgehead atoms. The van der Waals surface area contributed by atoms with E-state index in [1.165, 1.54) is 41.5 Å². The van der Waals surface area contributed by atoms with Crippen LogP contribution in [-0.2, 0) is 33.1 Å². The van der Waals surface area contributed by atoms with Crippen molar-refractivity contribution in [2.75, 3.05) is 0 Å². The fraction of sp³-hybridized carbons (Fsp3) is 0.525. The average molecular weight is 696 g/mol. The van der Waals surface area contributed by atoms with E-state index in [9.17, 15) is 4.55 Å². The van der Waals surface area contributed by atoms with Crippen molar-refractivity contribution in [1.29, 1.82) is 0 Å². The first kappa shape index (κ1) is 36.4. The van der Waals surface area contributed by atoms with Crippen LogP contribution in [0.5, 0.6) is 0 Å². The third-order valence-corrected chi connectivity index (χ3v) is 12.1. The van der Waals surface area contributed by atoms with Crippen LogP contribution in [0.25, 0.3) is 0 Å². The average Bonchev–Trinajstić information content (AvgIpc) is 3.28. The molecule has 4 nitrogen and oxygen atoms in total. The molecule has 6 rings (SSSR count). The van der Waals surface area contributed by atoms with E-state index in [0.717, 1.165) is 54.3 Å². The highest BCUT2D eigenvalue weighted by Crippen LogP contribution is 2.48. The molecule has 254 valence electrons. The Labute approximate surface area is 296 Å². The topological polar surface area (TPSA) is 70.7 Å². The molecule has 0 aromatic heterocycles. The summed E-state index contributed by atoms with van der Waals surface area (Å²) in [7, 11) is 0. The molecule has 3 aliphatic rings. The summed E-state index contributed by atoms with van der Waals surface area (Å²) < 4.78 is 23.7. The molecule has 4 atom stereocenters. The molecule has 3 aromatic carbocycles. The molecule has 2 N–H and O–H groups in total. The Bertz CT molecular complexity index is 1480. The van der Waals surface area contributed by atoms with Crippen LogP contribution >= 0.6 is 23.2 Å². The van der Waals surface area contributed by atoms with Crippen molar-refractivity contribution >= 4 is 40.6 Å². The Kier molecular flexibility index (Phi) is 12.2. The second-order valence-corrected chi connectivity index (χ2v) is 16.6. The molecule has 0 spiro atoms. The predicted molar refractivity (Wildman–Crippen MR) is 200 cm³/mol. The van der Waals surface area contributed by atoms with E-state index in [2.05, 4.69) is 83.1 Å². The van der Waals surface area contributed by atoms with Crippen molar-refractivity contribution in [3.63, 3.8) is 0 Å². The molecule has 0 heterocycles. The number of nitrogens with zero attached hydrogens (tertiary/aromatic N) is 1. The highest BCUT2D eigenvalue weighted by Gasteiger charge is 2.46. The number of halogens is 2. The van der Waals surface area contributed by atoms with Crippen LogP contribution in [0.2, 0.25) is 10.0 Å². The standard InChI is InChI=1S/C25H30ClNO2S.C15H22ClN/c1-17(2)15-24(25(13-6-14-25)20-9-11-21(26)12-10-20)27-30(28)29-23-16-19-7-4-5-8-22(19)18(23)3;1-11(2)10-14(17)15(8-3-9-15)12-4-6-13(16)7-5-12/h4-5,7-12,17-18,23H,6,13-16H2,1-3H3;4-7,11,14H,3,8-10,17H2,1-2H3/t18-,23?,30?;14-/m11/s1. The Morgan fingerprint density at radius 2 is 1.45 bits per heavy atom. The van der Waals surface area contributed by atoms with Crippen LogP contribution in [0.15, 0.2) is 77.2 Å². The number of hydrogen-bond donors (Lipinski definition) is 1. The quantitative estimate of drug-likeness (QED) is 0.160. The van der Waals surface area contributed by atoms with Crippen molar-refractivity contribution in [2.45, 2.75) is 121 Å². The van der Waals surface area contributed by atoms with E-state index in [4.69, 9.17) is 37.5 Å². The Morgan fingerprint density at radius 1 is 0.872 bits per heavy atom. The smallest absolute Gasteiger partial charge is 0.270 e. The van der Waals surface area contributed by atoms with E-state index in [-0.39, 0.29) is 28.9 Å². The molecule has 2 fully saturated rings. The van der Waals surface area contributed by atoms with Crippen molar-refractivity contribution in [3.8, 4) is 0 Å². The van der Waals surface area contributed by atoms with Gasteiger partial charge in [-0.1, -0.05) is 119 Å². The zero-order chi connectivity index (χ0) is 33.8. The van der Waals surface area contributed by atoms with Crippen molar-refractivity contribution in [3.05, 3.63) is 105 Å². The lowest BCUT2D eigenvalue weighted by molar-refractivity contribution is 0.178. The third kappa shape index (κ3) is 8.31. The molecule has 47 heavy (non-hydrogen) atoms. The summed E-state index contributed by atoms with van der Waals surface area (Å²) in [5, 5.41) is 1.54. The fourth-order valence-corrected chi connectivity index (χ4v) is 8.96. The van der Waals surface area contributed by atoms with Gasteiger partial charge in [0.15, 0.2) is 0 Å². The highest BCUT2D eigenvalue weighted by molar-refractivity contribution is 7.85. The SMILES string of the molecule is CC(C)CC(=N[S+]([O-])OC1Cc2ccccc2[C@H]1C)C1(c2ccc(Cl)cc2)CCC1.CC(C)C[C@@H](N)C1(c2ccc(Cl)cc2)CCC1. The summed E-state index contributed by atoms with van der Waals surface area (Å²) in [6.07, 6.45) is 9.58. The van der Waals surface area contributed by atoms with Crippen LogP contribution in [0.4, 0.5) is 0 Å². The van der Waals surface area contributed by atoms with E-state index in [0.29, 0.717) is 11.8 Å². The Balaban J connectivity index is 0.000000216. The summed E-state index contributed by atoms with van der Waals surface area (Å²) in [5.41, 5.74) is 12.7. The Hall–Kier alpha value is -1.86.